The van der Waals surface area contributed by atoms with Crippen molar-refractivity contribution in [3.05, 3.63) is 29.1 Å². The van der Waals surface area contributed by atoms with Gasteiger partial charge < -0.3 is 5.32 Å². The van der Waals surface area contributed by atoms with Crippen molar-refractivity contribution in [1.29, 1.82) is 0 Å². The third-order valence-corrected chi connectivity index (χ3v) is 4.36. The number of nitrogens with one attached hydrogen (secondary N) is 2. The summed E-state index contributed by atoms with van der Waals surface area (Å²) < 4.78 is 91.1. The third kappa shape index (κ3) is 2.50. The number of halogens is 5. The Morgan fingerprint density at radius 3 is 1.90 bits per heavy atom. The number of sulfonamides is 1. The van der Waals surface area contributed by atoms with Crippen LogP contribution in [0.3, 0.4) is 0 Å². The van der Waals surface area contributed by atoms with E-state index in [9.17, 15) is 30.4 Å². The van der Waals surface area contributed by atoms with Gasteiger partial charge in [-0.2, -0.15) is 0 Å². The lowest BCUT2D eigenvalue weighted by atomic mass is 10.3. The van der Waals surface area contributed by atoms with Crippen molar-refractivity contribution in [2.24, 2.45) is 0 Å². The normalized spacial score (nSPS) is 19.6. The second kappa shape index (κ2) is 5.26. The molecule has 2 rings (SSSR count). The Balaban J connectivity index is 2.51. The highest BCUT2D eigenvalue weighted by atomic mass is 32.2. The van der Waals surface area contributed by atoms with Crippen LogP contribution >= 0.6 is 0 Å². The largest absolute Gasteiger partial charge is 0.315 e. The summed E-state index contributed by atoms with van der Waals surface area (Å²) in [6.07, 6.45) is 0.342. The molecule has 0 spiro atoms. The summed E-state index contributed by atoms with van der Waals surface area (Å²) in [6, 6.07) is -0.671. The summed E-state index contributed by atoms with van der Waals surface area (Å²) in [5.41, 5.74) is 0. The maximum Gasteiger partial charge on any atom is 0.246 e. The van der Waals surface area contributed by atoms with E-state index in [2.05, 4.69) is 5.32 Å². The van der Waals surface area contributed by atoms with Crippen LogP contribution in [0.15, 0.2) is 4.90 Å². The Morgan fingerprint density at radius 2 is 1.45 bits per heavy atom. The molecule has 20 heavy (non-hydrogen) atoms. The van der Waals surface area contributed by atoms with Gasteiger partial charge in [-0.1, -0.05) is 0 Å². The SMILES string of the molecule is O=S(=O)(NC1CCNC1)c1c(F)c(F)c(F)c(F)c1F. The van der Waals surface area contributed by atoms with E-state index < -0.39 is 50.0 Å². The van der Waals surface area contributed by atoms with Crippen LogP contribution < -0.4 is 10.0 Å². The van der Waals surface area contributed by atoms with Crippen molar-refractivity contribution < 1.29 is 30.4 Å². The van der Waals surface area contributed by atoms with Gasteiger partial charge in [0.1, 0.15) is 0 Å². The quantitative estimate of drug-likeness (QED) is 0.497. The van der Waals surface area contributed by atoms with Crippen LogP contribution in [0.1, 0.15) is 6.42 Å². The number of rotatable bonds is 3. The first-order valence-corrected chi connectivity index (χ1v) is 6.98. The fraction of sp³-hybridized carbons (Fsp3) is 0.400. The zero-order valence-corrected chi connectivity index (χ0v) is 10.6. The summed E-state index contributed by atoms with van der Waals surface area (Å²) in [7, 11) is -4.85. The highest BCUT2D eigenvalue weighted by Crippen LogP contribution is 2.26. The van der Waals surface area contributed by atoms with Crippen LogP contribution in [0.2, 0.25) is 0 Å². The van der Waals surface area contributed by atoms with Crippen LogP contribution in [0, 0.1) is 29.1 Å². The number of hydrogen-bond acceptors (Lipinski definition) is 3. The maximum absolute atomic E-state index is 13.4. The standard InChI is InChI=1S/C10H9F5N2O2S/c11-5-6(12)8(14)10(9(15)7(5)13)20(18,19)17-4-1-2-16-3-4/h4,16-17H,1-3H2. The lowest BCUT2D eigenvalue weighted by Gasteiger charge is -2.14. The maximum atomic E-state index is 13.4. The van der Waals surface area contributed by atoms with Gasteiger partial charge in [-0.15, -0.1) is 0 Å². The van der Waals surface area contributed by atoms with Gasteiger partial charge in [-0.3, -0.25) is 0 Å². The number of benzene rings is 1. The average Bonchev–Trinajstić information content (AvgIpc) is 2.86. The van der Waals surface area contributed by atoms with Crippen LogP contribution in [0.4, 0.5) is 22.0 Å². The first-order valence-electron chi connectivity index (χ1n) is 5.50. The van der Waals surface area contributed by atoms with E-state index in [1.165, 1.54) is 0 Å². The van der Waals surface area contributed by atoms with Crippen LogP contribution in [-0.4, -0.2) is 27.5 Å². The Hall–Kier alpha value is -1.26. The van der Waals surface area contributed by atoms with Crippen molar-refractivity contribution in [1.82, 2.24) is 10.0 Å². The molecule has 1 heterocycles. The van der Waals surface area contributed by atoms with Gasteiger partial charge in [0, 0.05) is 12.6 Å². The lowest BCUT2D eigenvalue weighted by molar-refractivity contribution is 0.357. The predicted octanol–water partition coefficient (Wildman–Crippen LogP) is 1.02. The van der Waals surface area contributed by atoms with E-state index in [4.69, 9.17) is 0 Å². The molecule has 0 radical (unpaired) electrons. The third-order valence-electron chi connectivity index (χ3n) is 2.82. The fourth-order valence-corrected chi connectivity index (χ4v) is 3.26. The molecule has 112 valence electrons. The minimum atomic E-state index is -4.85. The van der Waals surface area contributed by atoms with Crippen molar-refractivity contribution in [2.75, 3.05) is 13.1 Å². The molecule has 2 N–H and O–H groups in total. The van der Waals surface area contributed by atoms with Gasteiger partial charge in [-0.05, 0) is 13.0 Å². The molecule has 1 aromatic carbocycles. The van der Waals surface area contributed by atoms with E-state index in [-0.39, 0.29) is 6.54 Å². The van der Waals surface area contributed by atoms with Crippen LogP contribution in [0.5, 0.6) is 0 Å². The zero-order valence-electron chi connectivity index (χ0n) is 9.81. The Kier molecular flexibility index (Phi) is 3.98. The highest BCUT2D eigenvalue weighted by molar-refractivity contribution is 7.89. The minimum absolute atomic E-state index is 0.203. The Morgan fingerprint density at radius 1 is 0.950 bits per heavy atom. The molecule has 1 aromatic rings. The lowest BCUT2D eigenvalue weighted by Crippen LogP contribution is -2.37. The second-order valence-corrected chi connectivity index (χ2v) is 5.86. The van der Waals surface area contributed by atoms with Gasteiger partial charge in [0.2, 0.25) is 15.8 Å². The molecule has 0 bridgehead atoms. The van der Waals surface area contributed by atoms with E-state index in [1.54, 1.807) is 0 Å². The summed E-state index contributed by atoms with van der Waals surface area (Å²) >= 11 is 0. The molecule has 4 nitrogen and oxygen atoms in total. The molecule has 1 unspecified atom stereocenters. The Bertz CT molecular complexity index is 615. The molecule has 0 amide bonds. The minimum Gasteiger partial charge on any atom is -0.315 e. The molecular weight excluding hydrogens is 307 g/mol. The van der Waals surface area contributed by atoms with E-state index in [0.717, 1.165) is 0 Å². The molecule has 0 aliphatic carbocycles. The summed E-state index contributed by atoms with van der Waals surface area (Å²) in [6.45, 7) is 0.679. The fourth-order valence-electron chi connectivity index (χ4n) is 1.85. The second-order valence-electron chi connectivity index (χ2n) is 4.21. The van der Waals surface area contributed by atoms with E-state index in [0.29, 0.717) is 13.0 Å². The molecule has 0 saturated carbocycles. The first-order chi connectivity index (χ1) is 9.25. The molecule has 1 saturated heterocycles. The Labute approximate surface area is 111 Å². The molecule has 1 aliphatic heterocycles. The van der Waals surface area contributed by atoms with Crippen LogP contribution in [0.25, 0.3) is 0 Å². The summed E-state index contributed by atoms with van der Waals surface area (Å²) in [5.74, 6) is -11.7. The van der Waals surface area contributed by atoms with Gasteiger partial charge >= 0.3 is 0 Å². The van der Waals surface area contributed by atoms with Crippen molar-refractivity contribution >= 4 is 10.0 Å². The van der Waals surface area contributed by atoms with E-state index in [1.807, 2.05) is 4.72 Å². The highest BCUT2D eigenvalue weighted by Gasteiger charge is 2.35. The van der Waals surface area contributed by atoms with Gasteiger partial charge in [0.15, 0.2) is 28.2 Å². The molecule has 1 aliphatic rings. The molecule has 0 aromatic heterocycles. The average molecular weight is 316 g/mol. The van der Waals surface area contributed by atoms with Gasteiger partial charge in [-0.25, -0.2) is 35.1 Å². The zero-order chi connectivity index (χ0) is 15.1. The molecular formula is C10H9F5N2O2S. The molecule has 1 fully saturated rings. The van der Waals surface area contributed by atoms with Crippen LogP contribution in [-0.2, 0) is 10.0 Å². The first kappa shape index (κ1) is 15.1. The summed E-state index contributed by atoms with van der Waals surface area (Å²) in [5, 5.41) is 2.78. The molecule has 10 heteroatoms. The van der Waals surface area contributed by atoms with Gasteiger partial charge in [0.25, 0.3) is 0 Å². The monoisotopic (exact) mass is 316 g/mol. The van der Waals surface area contributed by atoms with Crippen molar-refractivity contribution in [2.45, 2.75) is 17.4 Å². The smallest absolute Gasteiger partial charge is 0.246 e. The van der Waals surface area contributed by atoms with Crippen molar-refractivity contribution in [3.63, 3.8) is 0 Å². The molecule has 1 atom stereocenters. The topological polar surface area (TPSA) is 58.2 Å². The van der Waals surface area contributed by atoms with Crippen molar-refractivity contribution in [3.8, 4) is 0 Å². The van der Waals surface area contributed by atoms with E-state index >= 15 is 0 Å². The summed E-state index contributed by atoms with van der Waals surface area (Å²) in [4.78, 5) is -1.86. The number of hydrogen-bond donors (Lipinski definition) is 2. The predicted molar refractivity (Wildman–Crippen MR) is 57.8 cm³/mol. The van der Waals surface area contributed by atoms with Gasteiger partial charge in [0.05, 0.1) is 0 Å².